The molecule has 0 saturated carbocycles. The van der Waals surface area contributed by atoms with Crippen LogP contribution >= 0.6 is 11.8 Å². The summed E-state index contributed by atoms with van der Waals surface area (Å²) < 4.78 is 0. The highest BCUT2D eigenvalue weighted by atomic mass is 32.2. The zero-order valence-corrected chi connectivity index (χ0v) is 12.5. The Hall–Kier alpha value is -2.33. The van der Waals surface area contributed by atoms with Gasteiger partial charge in [0.25, 0.3) is 0 Å². The minimum Gasteiger partial charge on any atom is -0.382 e. The summed E-state index contributed by atoms with van der Waals surface area (Å²) in [5.74, 6) is 0.435. The van der Waals surface area contributed by atoms with E-state index in [1.807, 2.05) is 0 Å². The normalized spacial score (nSPS) is 10.5. The van der Waals surface area contributed by atoms with E-state index in [2.05, 4.69) is 64.8 Å². The van der Waals surface area contributed by atoms with Crippen molar-refractivity contribution in [1.29, 1.82) is 0 Å². The molecule has 0 atom stereocenters. The van der Waals surface area contributed by atoms with E-state index in [4.69, 9.17) is 5.73 Å². The van der Waals surface area contributed by atoms with Crippen molar-refractivity contribution in [2.75, 3.05) is 12.0 Å². The zero-order valence-electron chi connectivity index (χ0n) is 11.7. The van der Waals surface area contributed by atoms with Crippen molar-refractivity contribution in [3.8, 4) is 22.4 Å². The average molecular weight is 293 g/mol. The van der Waals surface area contributed by atoms with Crippen molar-refractivity contribution in [2.45, 2.75) is 4.90 Å². The number of anilines is 1. The minimum atomic E-state index is 0.435. The molecule has 0 unspecified atom stereocenters. The van der Waals surface area contributed by atoms with Gasteiger partial charge in [-0.1, -0.05) is 42.5 Å². The second-order valence-electron chi connectivity index (χ2n) is 4.60. The Kier molecular flexibility index (Phi) is 3.88. The maximum Gasteiger partial charge on any atom is 0.141 e. The topological polar surface area (TPSA) is 51.8 Å². The van der Waals surface area contributed by atoms with Crippen molar-refractivity contribution in [2.24, 2.45) is 0 Å². The molecule has 0 saturated heterocycles. The molecule has 1 aromatic heterocycles. The molecule has 0 spiro atoms. The van der Waals surface area contributed by atoms with Crippen molar-refractivity contribution in [3.63, 3.8) is 0 Å². The molecular weight excluding hydrogens is 278 g/mol. The van der Waals surface area contributed by atoms with Gasteiger partial charge in [0, 0.05) is 10.5 Å². The van der Waals surface area contributed by atoms with E-state index < -0.39 is 0 Å². The monoisotopic (exact) mass is 293 g/mol. The maximum atomic E-state index is 5.56. The lowest BCUT2D eigenvalue weighted by Gasteiger charge is -2.08. The largest absolute Gasteiger partial charge is 0.382 e. The van der Waals surface area contributed by atoms with Crippen molar-refractivity contribution in [3.05, 3.63) is 60.9 Å². The summed E-state index contributed by atoms with van der Waals surface area (Å²) in [5.41, 5.74) is 9.87. The highest BCUT2D eigenvalue weighted by Gasteiger charge is 2.05. The Morgan fingerprint density at radius 3 is 2.24 bits per heavy atom. The lowest BCUT2D eigenvalue weighted by atomic mass is 10.0. The molecule has 104 valence electrons. The molecule has 2 aromatic carbocycles. The van der Waals surface area contributed by atoms with Gasteiger partial charge in [-0.3, -0.25) is 4.98 Å². The third-order valence-corrected chi connectivity index (χ3v) is 4.07. The molecule has 3 rings (SSSR count). The maximum absolute atomic E-state index is 5.56. The lowest BCUT2D eigenvalue weighted by molar-refractivity contribution is 1.22. The number of benzene rings is 2. The van der Waals surface area contributed by atoms with Crippen LogP contribution in [0.15, 0.2) is 65.8 Å². The number of nitrogens with two attached hydrogens (primary N) is 1. The molecule has 0 fully saturated rings. The van der Waals surface area contributed by atoms with E-state index in [9.17, 15) is 0 Å². The predicted molar refractivity (Wildman–Crippen MR) is 89.1 cm³/mol. The van der Waals surface area contributed by atoms with Gasteiger partial charge in [-0.25, -0.2) is 4.98 Å². The van der Waals surface area contributed by atoms with Crippen LogP contribution in [0.3, 0.4) is 0 Å². The molecule has 2 N–H and O–H groups in total. The molecule has 0 aliphatic heterocycles. The number of hydrogen-bond donors (Lipinski definition) is 1. The lowest BCUT2D eigenvalue weighted by Crippen LogP contribution is -1.92. The van der Waals surface area contributed by atoms with Gasteiger partial charge in [-0.05, 0) is 23.4 Å². The van der Waals surface area contributed by atoms with Gasteiger partial charge < -0.3 is 5.73 Å². The number of thioether (sulfide) groups is 1. The van der Waals surface area contributed by atoms with E-state index in [1.54, 1.807) is 24.2 Å². The van der Waals surface area contributed by atoms with E-state index >= 15 is 0 Å². The molecule has 3 aromatic rings. The first-order chi connectivity index (χ1) is 10.3. The fourth-order valence-corrected chi connectivity index (χ4v) is 2.81. The number of nitrogen functional groups attached to an aromatic ring is 1. The summed E-state index contributed by atoms with van der Waals surface area (Å²) in [4.78, 5) is 9.64. The number of rotatable bonds is 3. The Balaban J connectivity index is 1.95. The molecule has 0 aliphatic carbocycles. The van der Waals surface area contributed by atoms with E-state index in [0.717, 1.165) is 11.3 Å². The van der Waals surface area contributed by atoms with Crippen LogP contribution in [0.5, 0.6) is 0 Å². The zero-order chi connectivity index (χ0) is 14.7. The van der Waals surface area contributed by atoms with Crippen LogP contribution in [-0.4, -0.2) is 16.2 Å². The standard InChI is InChI=1S/C17H15N3S/c1-21-16-5-3-2-4-14(16)12-6-8-13(9-7-12)15-10-20-17(18)11-19-15/h2-11H,1H3,(H2,18,20). The molecule has 3 nitrogen and oxygen atoms in total. The highest BCUT2D eigenvalue weighted by molar-refractivity contribution is 7.98. The van der Waals surface area contributed by atoms with Gasteiger partial charge in [-0.2, -0.15) is 0 Å². The minimum absolute atomic E-state index is 0.435. The van der Waals surface area contributed by atoms with Gasteiger partial charge in [0.05, 0.1) is 18.1 Å². The Morgan fingerprint density at radius 2 is 1.57 bits per heavy atom. The van der Waals surface area contributed by atoms with Crippen LogP contribution < -0.4 is 5.73 Å². The van der Waals surface area contributed by atoms with Crippen LogP contribution in [0, 0.1) is 0 Å². The molecule has 0 bridgehead atoms. The SMILES string of the molecule is CSc1ccccc1-c1ccc(-c2cnc(N)cn2)cc1. The number of aromatic nitrogens is 2. The van der Waals surface area contributed by atoms with Crippen LogP contribution in [0.25, 0.3) is 22.4 Å². The molecule has 0 aliphatic rings. The third kappa shape index (κ3) is 2.90. The Labute approximate surface area is 128 Å². The van der Waals surface area contributed by atoms with Gasteiger partial charge in [0.2, 0.25) is 0 Å². The predicted octanol–water partition coefficient (Wildman–Crippen LogP) is 4.11. The summed E-state index contributed by atoms with van der Waals surface area (Å²) in [6, 6.07) is 16.8. The third-order valence-electron chi connectivity index (χ3n) is 3.27. The highest BCUT2D eigenvalue weighted by Crippen LogP contribution is 2.31. The summed E-state index contributed by atoms with van der Waals surface area (Å²) in [7, 11) is 0. The van der Waals surface area contributed by atoms with E-state index in [-0.39, 0.29) is 0 Å². The van der Waals surface area contributed by atoms with Gasteiger partial charge >= 0.3 is 0 Å². The average Bonchev–Trinajstić information content (AvgIpc) is 2.56. The quantitative estimate of drug-likeness (QED) is 0.738. The smallest absolute Gasteiger partial charge is 0.141 e. The molecule has 21 heavy (non-hydrogen) atoms. The van der Waals surface area contributed by atoms with Gasteiger partial charge in [-0.15, -0.1) is 11.8 Å². The fraction of sp³-hybridized carbons (Fsp3) is 0.0588. The van der Waals surface area contributed by atoms with Gasteiger partial charge in [0.15, 0.2) is 0 Å². The van der Waals surface area contributed by atoms with E-state index in [1.165, 1.54) is 16.0 Å². The van der Waals surface area contributed by atoms with Crippen molar-refractivity contribution in [1.82, 2.24) is 9.97 Å². The van der Waals surface area contributed by atoms with E-state index in [0.29, 0.717) is 5.82 Å². The van der Waals surface area contributed by atoms with Crippen LogP contribution in [0.1, 0.15) is 0 Å². The summed E-state index contributed by atoms with van der Waals surface area (Å²) in [5, 5.41) is 0. The first-order valence-electron chi connectivity index (χ1n) is 6.59. The Morgan fingerprint density at radius 1 is 0.857 bits per heavy atom. The number of hydrogen-bond acceptors (Lipinski definition) is 4. The second-order valence-corrected chi connectivity index (χ2v) is 5.45. The van der Waals surface area contributed by atoms with Crippen LogP contribution in [-0.2, 0) is 0 Å². The summed E-state index contributed by atoms with van der Waals surface area (Å²) in [6.45, 7) is 0. The Bertz CT molecular complexity index is 737. The first kappa shape index (κ1) is 13.6. The summed E-state index contributed by atoms with van der Waals surface area (Å²) >= 11 is 1.76. The van der Waals surface area contributed by atoms with Crippen LogP contribution in [0.4, 0.5) is 5.82 Å². The molecule has 0 radical (unpaired) electrons. The molecule has 0 amide bonds. The van der Waals surface area contributed by atoms with Crippen LogP contribution in [0.2, 0.25) is 0 Å². The molecular formula is C17H15N3S. The first-order valence-corrected chi connectivity index (χ1v) is 7.82. The molecule has 4 heteroatoms. The fourth-order valence-electron chi connectivity index (χ4n) is 2.19. The summed E-state index contributed by atoms with van der Waals surface area (Å²) in [6.07, 6.45) is 5.36. The second kappa shape index (κ2) is 5.97. The van der Waals surface area contributed by atoms with Crippen molar-refractivity contribution < 1.29 is 0 Å². The van der Waals surface area contributed by atoms with Gasteiger partial charge in [0.1, 0.15) is 5.82 Å². The molecule has 1 heterocycles. The van der Waals surface area contributed by atoms with Crippen molar-refractivity contribution >= 4 is 17.6 Å². The number of nitrogens with zero attached hydrogens (tertiary/aromatic N) is 2.